The van der Waals surface area contributed by atoms with Gasteiger partial charge in [-0.2, -0.15) is 0 Å². The predicted octanol–water partition coefficient (Wildman–Crippen LogP) is 4.22. The number of nitrogens with one attached hydrogen (secondary N) is 2. The summed E-state index contributed by atoms with van der Waals surface area (Å²) in [7, 11) is 0. The van der Waals surface area contributed by atoms with E-state index in [1.54, 1.807) is 12.1 Å². The SMILES string of the molecule is Cl.O=C(NC(c1ccccc1)c1ccc(Br)cc1F)C1CCNCC1. The molecule has 0 radical (unpaired) electrons. The molecule has 3 rings (SSSR count). The average molecular weight is 428 g/mol. The molecule has 1 unspecified atom stereocenters. The molecule has 1 aliphatic rings. The first-order valence-corrected chi connectivity index (χ1v) is 8.95. The summed E-state index contributed by atoms with van der Waals surface area (Å²) in [5.41, 5.74) is 1.35. The van der Waals surface area contributed by atoms with Crippen LogP contribution < -0.4 is 10.6 Å². The van der Waals surface area contributed by atoms with Gasteiger partial charge >= 0.3 is 0 Å². The smallest absolute Gasteiger partial charge is 0.223 e. The molecule has 1 atom stereocenters. The Morgan fingerprint density at radius 3 is 2.48 bits per heavy atom. The summed E-state index contributed by atoms with van der Waals surface area (Å²) in [6.45, 7) is 1.70. The van der Waals surface area contributed by atoms with Crippen LogP contribution in [0.4, 0.5) is 4.39 Å². The van der Waals surface area contributed by atoms with Crippen molar-refractivity contribution in [1.82, 2.24) is 10.6 Å². The van der Waals surface area contributed by atoms with Gasteiger partial charge < -0.3 is 10.6 Å². The Hall–Kier alpha value is -1.43. The second kappa shape index (κ2) is 9.32. The largest absolute Gasteiger partial charge is 0.345 e. The molecular weight excluding hydrogens is 407 g/mol. The molecule has 25 heavy (non-hydrogen) atoms. The molecule has 134 valence electrons. The van der Waals surface area contributed by atoms with E-state index in [0.717, 1.165) is 31.5 Å². The number of hydrogen-bond acceptors (Lipinski definition) is 2. The molecular formula is C19H21BrClFN2O. The van der Waals surface area contributed by atoms with Crippen molar-refractivity contribution in [3.05, 3.63) is 69.9 Å². The van der Waals surface area contributed by atoms with Crippen LogP contribution in [-0.2, 0) is 4.79 Å². The highest BCUT2D eigenvalue weighted by Crippen LogP contribution is 2.27. The first-order chi connectivity index (χ1) is 11.6. The Labute approximate surface area is 161 Å². The zero-order valence-electron chi connectivity index (χ0n) is 13.7. The van der Waals surface area contributed by atoms with Gasteiger partial charge in [-0.15, -0.1) is 12.4 Å². The summed E-state index contributed by atoms with van der Waals surface area (Å²) in [5.74, 6) is -0.354. The lowest BCUT2D eigenvalue weighted by Crippen LogP contribution is -2.40. The molecule has 3 nitrogen and oxygen atoms in total. The maximum atomic E-state index is 14.5. The number of halogens is 3. The lowest BCUT2D eigenvalue weighted by molar-refractivity contribution is -0.126. The minimum atomic E-state index is -0.485. The molecule has 1 aliphatic heterocycles. The van der Waals surface area contributed by atoms with Gasteiger partial charge in [-0.25, -0.2) is 4.39 Å². The molecule has 0 aliphatic carbocycles. The van der Waals surface area contributed by atoms with Crippen LogP contribution in [0, 0.1) is 11.7 Å². The first-order valence-electron chi connectivity index (χ1n) is 8.16. The van der Waals surface area contributed by atoms with Crippen molar-refractivity contribution in [2.24, 2.45) is 5.92 Å². The van der Waals surface area contributed by atoms with E-state index in [2.05, 4.69) is 26.6 Å². The minimum absolute atomic E-state index is 0. The Kier molecular flexibility index (Phi) is 7.41. The van der Waals surface area contributed by atoms with Gasteiger partial charge in [0.2, 0.25) is 5.91 Å². The molecule has 1 saturated heterocycles. The zero-order valence-corrected chi connectivity index (χ0v) is 16.1. The Bertz CT molecular complexity index is 708. The molecule has 6 heteroatoms. The van der Waals surface area contributed by atoms with Crippen LogP contribution in [0.25, 0.3) is 0 Å². The lowest BCUT2D eigenvalue weighted by Gasteiger charge is -2.26. The lowest BCUT2D eigenvalue weighted by atomic mass is 9.94. The van der Waals surface area contributed by atoms with E-state index < -0.39 is 6.04 Å². The van der Waals surface area contributed by atoms with Crippen molar-refractivity contribution < 1.29 is 9.18 Å². The van der Waals surface area contributed by atoms with Crippen molar-refractivity contribution in [3.8, 4) is 0 Å². The zero-order chi connectivity index (χ0) is 16.9. The minimum Gasteiger partial charge on any atom is -0.345 e. The molecule has 1 fully saturated rings. The predicted molar refractivity (Wildman–Crippen MR) is 103 cm³/mol. The fourth-order valence-corrected chi connectivity index (χ4v) is 3.40. The van der Waals surface area contributed by atoms with Crippen LogP contribution in [-0.4, -0.2) is 19.0 Å². The Balaban J connectivity index is 0.00000225. The number of hydrogen-bond donors (Lipinski definition) is 2. The summed E-state index contributed by atoms with van der Waals surface area (Å²) in [4.78, 5) is 12.7. The maximum absolute atomic E-state index is 14.5. The maximum Gasteiger partial charge on any atom is 0.223 e. The monoisotopic (exact) mass is 426 g/mol. The van der Waals surface area contributed by atoms with E-state index in [1.807, 2.05) is 30.3 Å². The molecule has 0 aromatic heterocycles. The van der Waals surface area contributed by atoms with E-state index in [1.165, 1.54) is 6.07 Å². The highest BCUT2D eigenvalue weighted by atomic mass is 79.9. The highest BCUT2D eigenvalue weighted by Gasteiger charge is 2.26. The molecule has 2 N–H and O–H groups in total. The number of carbonyl (C=O) groups is 1. The van der Waals surface area contributed by atoms with Gasteiger partial charge in [0.05, 0.1) is 6.04 Å². The highest BCUT2D eigenvalue weighted by molar-refractivity contribution is 9.10. The van der Waals surface area contributed by atoms with Crippen molar-refractivity contribution in [2.45, 2.75) is 18.9 Å². The van der Waals surface area contributed by atoms with Gasteiger partial charge in [-0.1, -0.05) is 52.3 Å². The van der Waals surface area contributed by atoms with E-state index in [-0.39, 0.29) is 30.0 Å². The standard InChI is InChI=1S/C19H20BrFN2O.ClH/c20-15-6-7-16(17(21)12-15)18(13-4-2-1-3-5-13)23-19(24)14-8-10-22-11-9-14;/h1-7,12,14,18,22H,8-11H2,(H,23,24);1H. The molecule has 0 saturated carbocycles. The number of amides is 1. The first kappa shape index (κ1) is 19.9. The van der Waals surface area contributed by atoms with Crippen LogP contribution in [0.15, 0.2) is 53.0 Å². The van der Waals surface area contributed by atoms with Crippen LogP contribution in [0.5, 0.6) is 0 Å². The third-order valence-corrected chi connectivity index (χ3v) is 4.90. The number of piperidine rings is 1. The molecule has 1 amide bonds. The van der Waals surface area contributed by atoms with Crippen molar-refractivity contribution in [3.63, 3.8) is 0 Å². The van der Waals surface area contributed by atoms with Gasteiger partial charge in [0.25, 0.3) is 0 Å². The van der Waals surface area contributed by atoms with E-state index in [4.69, 9.17) is 0 Å². The molecule has 0 bridgehead atoms. The Morgan fingerprint density at radius 2 is 1.84 bits per heavy atom. The second-order valence-corrected chi connectivity index (χ2v) is 6.96. The van der Waals surface area contributed by atoms with Gasteiger partial charge in [-0.05, 0) is 43.6 Å². The van der Waals surface area contributed by atoms with Gasteiger partial charge in [-0.3, -0.25) is 4.79 Å². The fraction of sp³-hybridized carbons (Fsp3) is 0.316. The van der Waals surface area contributed by atoms with Gasteiger partial charge in [0.15, 0.2) is 0 Å². The van der Waals surface area contributed by atoms with Gasteiger partial charge in [0, 0.05) is 16.0 Å². The van der Waals surface area contributed by atoms with E-state index >= 15 is 0 Å². The van der Waals surface area contributed by atoms with Crippen LogP contribution in [0.1, 0.15) is 30.0 Å². The van der Waals surface area contributed by atoms with Crippen LogP contribution in [0.3, 0.4) is 0 Å². The van der Waals surface area contributed by atoms with Crippen LogP contribution >= 0.6 is 28.3 Å². The Morgan fingerprint density at radius 1 is 1.16 bits per heavy atom. The third-order valence-electron chi connectivity index (χ3n) is 4.40. The quantitative estimate of drug-likeness (QED) is 0.767. The number of carbonyl (C=O) groups excluding carboxylic acids is 1. The summed E-state index contributed by atoms with van der Waals surface area (Å²) in [6.07, 6.45) is 1.63. The topological polar surface area (TPSA) is 41.1 Å². The van der Waals surface area contributed by atoms with Gasteiger partial charge in [0.1, 0.15) is 5.82 Å². The summed E-state index contributed by atoms with van der Waals surface area (Å²) >= 11 is 3.28. The number of benzene rings is 2. The van der Waals surface area contributed by atoms with Crippen molar-refractivity contribution in [2.75, 3.05) is 13.1 Å². The average Bonchev–Trinajstić information content (AvgIpc) is 2.61. The fourth-order valence-electron chi connectivity index (χ4n) is 3.07. The third kappa shape index (κ3) is 5.03. The van der Waals surface area contributed by atoms with Crippen LogP contribution in [0.2, 0.25) is 0 Å². The van der Waals surface area contributed by atoms with E-state index in [0.29, 0.717) is 10.0 Å². The summed E-state index contributed by atoms with van der Waals surface area (Å²) in [6, 6.07) is 14.0. The van der Waals surface area contributed by atoms with Crippen molar-refractivity contribution >= 4 is 34.2 Å². The summed E-state index contributed by atoms with van der Waals surface area (Å²) in [5, 5.41) is 6.31. The second-order valence-electron chi connectivity index (χ2n) is 6.04. The van der Waals surface area contributed by atoms with Crippen molar-refractivity contribution in [1.29, 1.82) is 0 Å². The molecule has 2 aromatic rings. The molecule has 0 spiro atoms. The molecule has 2 aromatic carbocycles. The summed E-state index contributed by atoms with van der Waals surface area (Å²) < 4.78 is 15.2. The number of rotatable bonds is 4. The van der Waals surface area contributed by atoms with E-state index in [9.17, 15) is 9.18 Å². The normalized spacial score (nSPS) is 15.9. The molecule has 1 heterocycles.